The lowest BCUT2D eigenvalue weighted by Gasteiger charge is -2.50. The summed E-state index contributed by atoms with van der Waals surface area (Å²) in [7, 11) is 0. The number of hydrogen-bond donors (Lipinski definition) is 28. The SMILES string of the molecule is Oc1ccc(CCNC[C@H]2O[C@@H]3O[C@H]4[C@H](O)[C@@H](O)[C@@H](O[C@H]5[C@H](O)[C@@H](O)[C@@H](O[C@H]6[C@@H](O)[C@@H](O)[C@@H](O[C@H]7[C@@H](O)[C@@H](O)[C@@H](O[C@H]8[C@H](O)[C@@H](O)[C@@H](O[C@H]9[C@H](O)[C@@H](O)[C@@H](O[C@H]2[C@H](O)[C@H]3O)O[C@@H]9CNCCc2ccc(O)cc2)O[C@@H]8CNCCc2ccc(O)cc2)O[C@@H]7CNCCc2ccc(O)cc2)O[C@@H]6CNCCc2ccc(O)cc2)O[C@@H]5CNCCc2ccc(O)cc2)O[C@@H]4CNCCc2ccc(O)cc2)cc1. The van der Waals surface area contributed by atoms with Crippen LogP contribution in [0.15, 0.2) is 170 Å². The van der Waals surface area contributed by atoms with Crippen LogP contribution >= 0.6 is 0 Å². The summed E-state index contributed by atoms with van der Waals surface area (Å²) in [6, 6.07) is 44.9. The Balaban J connectivity index is 0.788. The lowest BCUT2D eigenvalue weighted by molar-refractivity contribution is -0.392. The maximum Gasteiger partial charge on any atom is 0.187 e. The van der Waals surface area contributed by atoms with Gasteiger partial charge in [0.1, 0.15) is 211 Å². The highest BCUT2D eigenvalue weighted by molar-refractivity contribution is 5.32. The van der Waals surface area contributed by atoms with Crippen LogP contribution in [0.25, 0.3) is 0 Å². The minimum atomic E-state index is -2.17. The van der Waals surface area contributed by atoms with Crippen LogP contribution in [-0.2, 0) is 111 Å². The molecule has 28 rings (SSSR count). The molecule has 21 saturated heterocycles. The highest BCUT2D eigenvalue weighted by Crippen LogP contribution is 2.41. The van der Waals surface area contributed by atoms with E-state index in [4.69, 9.17) is 66.3 Å². The van der Waals surface area contributed by atoms with Crippen LogP contribution in [-0.4, -0.2) is 414 Å². The summed E-state index contributed by atoms with van der Waals surface area (Å²) in [4.78, 5) is 0. The Hall–Kier alpha value is -8.26. The second-order valence-corrected chi connectivity index (χ2v) is 36.7. The van der Waals surface area contributed by atoms with Crippen LogP contribution in [0.3, 0.4) is 0 Å². The minimum Gasteiger partial charge on any atom is -0.508 e. The molecule has 0 aliphatic carbocycles. The maximum absolute atomic E-state index is 12.7. The Kier molecular flexibility index (Phi) is 38.2. The van der Waals surface area contributed by atoms with Gasteiger partial charge in [-0.3, -0.25) is 0 Å². The molecule has 770 valence electrons. The molecule has 21 aliphatic rings. The number of aromatic hydroxyl groups is 7. The fraction of sp³-hybridized carbons (Fsp3) is 0.571. The summed E-state index contributed by atoms with van der Waals surface area (Å²) < 4.78 is 92.6. The molecule has 28 N–H and O–H groups in total. The quantitative estimate of drug-likeness (QED) is 0.0167. The molecular formula is C98H133N7O35. The maximum atomic E-state index is 12.7. The highest BCUT2D eigenvalue weighted by atomic mass is 16.8. The van der Waals surface area contributed by atoms with Gasteiger partial charge in [0.2, 0.25) is 0 Å². The molecule has 0 radical (unpaired) electrons. The van der Waals surface area contributed by atoms with Crippen LogP contribution < -0.4 is 37.2 Å². The van der Waals surface area contributed by atoms with Crippen molar-refractivity contribution in [1.29, 1.82) is 0 Å². The zero-order valence-corrected chi connectivity index (χ0v) is 76.8. The molecule has 7 aromatic carbocycles. The van der Waals surface area contributed by atoms with Gasteiger partial charge in [0.05, 0.1) is 0 Å². The van der Waals surface area contributed by atoms with E-state index in [1.807, 2.05) is 0 Å². The third-order valence-electron chi connectivity index (χ3n) is 26.6. The molecule has 0 amide bonds. The van der Waals surface area contributed by atoms with Crippen molar-refractivity contribution in [3.8, 4) is 40.2 Å². The first-order chi connectivity index (χ1) is 67.5. The largest absolute Gasteiger partial charge is 0.508 e. The van der Waals surface area contributed by atoms with Crippen molar-refractivity contribution in [2.24, 2.45) is 0 Å². The Morgan fingerprint density at radius 2 is 0.257 bits per heavy atom. The van der Waals surface area contributed by atoms with Crippen LogP contribution in [0.2, 0.25) is 0 Å². The first kappa shape index (κ1) is 106. The Morgan fingerprint density at radius 3 is 0.364 bits per heavy atom. The molecule has 42 nitrogen and oxygen atoms in total. The summed E-state index contributed by atoms with van der Waals surface area (Å²) >= 11 is 0. The van der Waals surface area contributed by atoms with Gasteiger partial charge in [0, 0.05) is 45.8 Å². The van der Waals surface area contributed by atoms with Gasteiger partial charge in [-0.25, -0.2) is 0 Å². The van der Waals surface area contributed by atoms with E-state index in [1.165, 1.54) is 84.9 Å². The molecule has 0 spiro atoms. The van der Waals surface area contributed by atoms with Gasteiger partial charge in [0.15, 0.2) is 44.0 Å². The molecule has 0 aromatic heterocycles. The standard InChI is InChI=1S/C98H133N7O35/c106-57-15-1-50(2-16-57)29-36-99-43-64-85-71(113)78(120)92(127-64)135-86-65(44-100-37-30-51-3-17-58(107)18-4-51)129-94(80(122)73(86)115)137-88-67(46-102-39-32-53-7-21-60(109)22-8-53)131-96(82(124)75(88)117)139-90-69(48-104-41-34-55-11-25-62(111)26-12-55)133-98(84(126)77(90)119)140-91-70(49-105-42-35-56-13-27-63(112)28-14-56)132-97(83(125)76(91)118)138-89-68(47-103-40-33-54-9-23-61(110)24-10-54)130-95(81(123)74(89)116)136-87-66(128-93(134-85)79(121)72(87)114)45-101-38-31-52-5-19-59(108)20-6-52/h1-28,64-126H,29-49H2/t64-,65-,66-,67-,68-,69-,70-,71-,72-,73-,74-,75-,76+,77+,78-,79-,80-,81-,82-,83-,84-,85-,86-,87-,88-,89-,90-,91-,92-,93-,94-,95-,96-,97-,98-/m1/s1. The van der Waals surface area contributed by atoms with E-state index in [9.17, 15) is 107 Å². The first-order valence-corrected chi connectivity index (χ1v) is 47.6. The second-order valence-electron chi connectivity index (χ2n) is 36.7. The van der Waals surface area contributed by atoms with Crippen molar-refractivity contribution in [1.82, 2.24) is 37.2 Å². The summed E-state index contributed by atoms with van der Waals surface area (Å²) in [6.07, 6.45) is -63.7. The molecule has 42 heteroatoms. The van der Waals surface area contributed by atoms with Gasteiger partial charge in [-0.2, -0.15) is 0 Å². The number of aliphatic hydroxyl groups is 14. The highest BCUT2D eigenvalue weighted by Gasteiger charge is 2.60. The lowest BCUT2D eigenvalue weighted by Crippen LogP contribution is -2.69. The molecule has 21 heterocycles. The van der Waals surface area contributed by atoms with Gasteiger partial charge >= 0.3 is 0 Å². The van der Waals surface area contributed by atoms with E-state index in [-0.39, 0.29) is 132 Å². The lowest BCUT2D eigenvalue weighted by atomic mass is 9.94. The molecule has 14 bridgehead atoms. The number of ether oxygens (including phenoxy) is 14. The summed E-state index contributed by atoms with van der Waals surface area (Å²) in [5.74, 6) is 0.157. The number of hydrogen-bond acceptors (Lipinski definition) is 42. The van der Waals surface area contributed by atoms with E-state index < -0.39 is 215 Å². The van der Waals surface area contributed by atoms with E-state index in [2.05, 4.69) is 37.2 Å². The normalized spacial score (nSPS) is 35.6. The molecular weight excluding hydrogens is 1840 g/mol. The molecule has 21 aliphatic heterocycles. The smallest absolute Gasteiger partial charge is 0.187 e. The van der Waals surface area contributed by atoms with Crippen LogP contribution in [0.1, 0.15) is 38.9 Å². The topological polar surface area (TPSA) is 638 Å². The van der Waals surface area contributed by atoms with Crippen molar-refractivity contribution in [3.05, 3.63) is 209 Å². The Morgan fingerprint density at radius 1 is 0.150 bits per heavy atom. The monoisotopic (exact) mass is 1970 g/mol. The number of benzene rings is 7. The number of aliphatic hydroxyl groups excluding tert-OH is 14. The summed E-state index contributed by atoms with van der Waals surface area (Å²) in [5.41, 5.74) is 5.49. The van der Waals surface area contributed by atoms with Crippen LogP contribution in [0, 0.1) is 0 Å². The third-order valence-corrected chi connectivity index (χ3v) is 26.6. The number of rotatable bonds is 35. The number of nitrogens with one attached hydrogen (secondary N) is 7. The minimum absolute atomic E-state index is 0.0224. The molecule has 0 saturated carbocycles. The van der Waals surface area contributed by atoms with Crippen molar-refractivity contribution in [3.63, 3.8) is 0 Å². The van der Waals surface area contributed by atoms with Crippen molar-refractivity contribution >= 4 is 0 Å². The van der Waals surface area contributed by atoms with Gasteiger partial charge < -0.3 is 211 Å². The molecule has 140 heavy (non-hydrogen) atoms. The zero-order valence-electron chi connectivity index (χ0n) is 76.8. The number of phenolic OH excluding ortho intramolecular Hbond substituents is 7. The van der Waals surface area contributed by atoms with Crippen molar-refractivity contribution < 1.29 is 174 Å². The van der Waals surface area contributed by atoms with Gasteiger partial charge in [-0.1, -0.05) is 84.9 Å². The summed E-state index contributed by atoms with van der Waals surface area (Å²) in [6.45, 7) is -0.461. The molecule has 7 aromatic rings. The predicted octanol–water partition coefficient (Wildman–Crippen LogP) is -4.41. The average molecular weight is 1970 g/mol. The Labute approximate surface area is 807 Å². The van der Waals surface area contributed by atoms with Crippen LogP contribution in [0.5, 0.6) is 40.2 Å². The van der Waals surface area contributed by atoms with Gasteiger partial charge in [-0.15, -0.1) is 0 Å². The van der Waals surface area contributed by atoms with E-state index in [0.717, 1.165) is 38.9 Å². The van der Waals surface area contributed by atoms with E-state index in [0.29, 0.717) is 44.9 Å². The third kappa shape index (κ3) is 27.7. The van der Waals surface area contributed by atoms with Gasteiger partial charge in [0.25, 0.3) is 0 Å². The fourth-order valence-corrected chi connectivity index (χ4v) is 18.5. The van der Waals surface area contributed by atoms with E-state index in [1.54, 1.807) is 84.9 Å². The Bertz CT molecular complexity index is 4000. The van der Waals surface area contributed by atoms with Gasteiger partial charge in [-0.05, 0) is 215 Å². The van der Waals surface area contributed by atoms with Crippen molar-refractivity contribution in [2.75, 3.05) is 91.6 Å². The molecule has 21 fully saturated rings. The summed E-state index contributed by atoms with van der Waals surface area (Å²) in [5, 5.41) is 271. The van der Waals surface area contributed by atoms with Crippen molar-refractivity contribution in [2.45, 2.75) is 260 Å². The van der Waals surface area contributed by atoms with Crippen LogP contribution in [0.4, 0.5) is 0 Å². The average Bonchev–Trinajstić information content (AvgIpc) is 0.787. The predicted molar refractivity (Wildman–Crippen MR) is 492 cm³/mol. The molecule has 0 unspecified atom stereocenters. The first-order valence-electron chi connectivity index (χ1n) is 47.6. The molecule has 35 atom stereocenters. The fourth-order valence-electron chi connectivity index (χ4n) is 18.5. The number of phenols is 7. The van der Waals surface area contributed by atoms with E-state index >= 15 is 0 Å². The second kappa shape index (κ2) is 50.5. The zero-order chi connectivity index (χ0) is 98.8.